The molecule has 0 fully saturated rings. The molecule has 7 nitrogen and oxygen atoms in total. The molecule has 0 aliphatic rings. The number of carbonyl (C=O) groups is 3. The fourth-order valence-corrected chi connectivity index (χ4v) is 2.80. The second-order valence-corrected chi connectivity index (χ2v) is 6.55. The zero-order valence-electron chi connectivity index (χ0n) is 17.3. The maximum Gasteiger partial charge on any atom is 0.343 e. The van der Waals surface area contributed by atoms with Gasteiger partial charge < -0.3 is 18.9 Å². The zero-order valence-corrected chi connectivity index (χ0v) is 17.3. The van der Waals surface area contributed by atoms with Gasteiger partial charge in [-0.15, -0.1) is 0 Å². The number of hydrogen-bond acceptors (Lipinski definition) is 7. The number of fused-ring (bicyclic) bond motifs is 1. The Hall–Kier alpha value is -3.87. The maximum atomic E-state index is 12.5. The summed E-state index contributed by atoms with van der Waals surface area (Å²) in [4.78, 5) is 35.1. The van der Waals surface area contributed by atoms with Crippen molar-refractivity contribution in [1.29, 1.82) is 0 Å². The SMILES string of the molecule is CCC(=O)OCCOc1ccc2cc(C(=O)Oc3ccc(C(=O)OC)cc3)ccc2c1. The lowest BCUT2D eigenvalue weighted by molar-refractivity contribution is -0.143. The summed E-state index contributed by atoms with van der Waals surface area (Å²) in [5.74, 6) is -0.268. The van der Waals surface area contributed by atoms with E-state index in [0.717, 1.165) is 10.8 Å². The lowest BCUT2D eigenvalue weighted by Crippen LogP contribution is -2.11. The minimum absolute atomic E-state index is 0.191. The van der Waals surface area contributed by atoms with E-state index >= 15 is 0 Å². The van der Waals surface area contributed by atoms with Gasteiger partial charge >= 0.3 is 17.9 Å². The number of benzene rings is 3. The zero-order chi connectivity index (χ0) is 22.2. The van der Waals surface area contributed by atoms with Gasteiger partial charge in [0.15, 0.2) is 0 Å². The van der Waals surface area contributed by atoms with Crippen LogP contribution in [0.3, 0.4) is 0 Å². The Labute approximate surface area is 179 Å². The molecule has 0 saturated carbocycles. The van der Waals surface area contributed by atoms with Crippen molar-refractivity contribution in [2.75, 3.05) is 20.3 Å². The molecule has 0 bridgehead atoms. The number of rotatable bonds is 8. The highest BCUT2D eigenvalue weighted by Gasteiger charge is 2.11. The normalized spacial score (nSPS) is 10.4. The first kappa shape index (κ1) is 21.8. The first-order valence-corrected chi connectivity index (χ1v) is 9.73. The average Bonchev–Trinajstić information content (AvgIpc) is 2.81. The maximum absolute atomic E-state index is 12.5. The van der Waals surface area contributed by atoms with Crippen molar-refractivity contribution < 1.29 is 33.3 Å². The molecule has 0 atom stereocenters. The number of ether oxygens (including phenoxy) is 4. The first-order valence-electron chi connectivity index (χ1n) is 9.73. The minimum Gasteiger partial charge on any atom is -0.490 e. The number of hydrogen-bond donors (Lipinski definition) is 0. The van der Waals surface area contributed by atoms with Crippen LogP contribution in [0.25, 0.3) is 10.8 Å². The van der Waals surface area contributed by atoms with E-state index < -0.39 is 11.9 Å². The van der Waals surface area contributed by atoms with Crippen molar-refractivity contribution in [3.63, 3.8) is 0 Å². The van der Waals surface area contributed by atoms with Crippen LogP contribution in [0.4, 0.5) is 0 Å². The van der Waals surface area contributed by atoms with Crippen LogP contribution >= 0.6 is 0 Å². The van der Waals surface area contributed by atoms with Crippen molar-refractivity contribution in [2.45, 2.75) is 13.3 Å². The van der Waals surface area contributed by atoms with Crippen LogP contribution in [0.15, 0.2) is 60.7 Å². The Balaban J connectivity index is 1.63. The van der Waals surface area contributed by atoms with Crippen molar-refractivity contribution in [1.82, 2.24) is 0 Å². The van der Waals surface area contributed by atoms with Crippen LogP contribution in [0, 0.1) is 0 Å². The molecule has 31 heavy (non-hydrogen) atoms. The molecular weight excluding hydrogens is 400 g/mol. The molecule has 7 heteroatoms. The Kier molecular flexibility index (Phi) is 7.22. The van der Waals surface area contributed by atoms with Crippen LogP contribution < -0.4 is 9.47 Å². The van der Waals surface area contributed by atoms with Gasteiger partial charge in [-0.25, -0.2) is 9.59 Å². The largest absolute Gasteiger partial charge is 0.490 e. The lowest BCUT2D eigenvalue weighted by Gasteiger charge is -2.09. The standard InChI is InChI=1S/C24H22O7/c1-3-22(25)30-13-12-29-21-11-8-17-14-19(5-4-18(17)15-21)24(27)31-20-9-6-16(7-10-20)23(26)28-2/h4-11,14-15H,3,12-13H2,1-2H3. The van der Waals surface area contributed by atoms with Gasteiger partial charge in [0.1, 0.15) is 24.7 Å². The highest BCUT2D eigenvalue weighted by molar-refractivity contribution is 5.97. The van der Waals surface area contributed by atoms with Gasteiger partial charge in [-0.2, -0.15) is 0 Å². The lowest BCUT2D eigenvalue weighted by atomic mass is 10.1. The quantitative estimate of drug-likeness (QED) is 0.306. The van der Waals surface area contributed by atoms with Crippen LogP contribution in [-0.4, -0.2) is 38.2 Å². The molecule has 0 aliphatic carbocycles. The summed E-state index contributed by atoms with van der Waals surface area (Å²) in [7, 11) is 1.30. The number of esters is 3. The van der Waals surface area contributed by atoms with Crippen molar-refractivity contribution in [3.05, 3.63) is 71.8 Å². The van der Waals surface area contributed by atoms with Gasteiger partial charge in [-0.05, 0) is 59.3 Å². The predicted molar refractivity (Wildman–Crippen MR) is 113 cm³/mol. The van der Waals surface area contributed by atoms with Crippen LogP contribution in [0.2, 0.25) is 0 Å². The molecule has 0 amide bonds. The molecule has 0 aromatic heterocycles. The first-order chi connectivity index (χ1) is 15.0. The van der Waals surface area contributed by atoms with Crippen LogP contribution in [0.5, 0.6) is 11.5 Å². The monoisotopic (exact) mass is 422 g/mol. The average molecular weight is 422 g/mol. The summed E-state index contributed by atoms with van der Waals surface area (Å²) in [6.07, 6.45) is 0.333. The van der Waals surface area contributed by atoms with E-state index in [-0.39, 0.29) is 19.2 Å². The van der Waals surface area contributed by atoms with E-state index in [1.807, 2.05) is 12.1 Å². The summed E-state index contributed by atoms with van der Waals surface area (Å²) >= 11 is 0. The third-order valence-electron chi connectivity index (χ3n) is 4.44. The second-order valence-electron chi connectivity index (χ2n) is 6.55. The van der Waals surface area contributed by atoms with E-state index in [0.29, 0.717) is 29.0 Å². The fourth-order valence-electron chi connectivity index (χ4n) is 2.80. The van der Waals surface area contributed by atoms with E-state index in [9.17, 15) is 14.4 Å². The molecule has 0 aliphatic heterocycles. The van der Waals surface area contributed by atoms with E-state index in [2.05, 4.69) is 4.74 Å². The molecule has 0 radical (unpaired) electrons. The smallest absolute Gasteiger partial charge is 0.343 e. The van der Waals surface area contributed by atoms with E-state index in [1.54, 1.807) is 31.2 Å². The number of carbonyl (C=O) groups excluding carboxylic acids is 3. The topological polar surface area (TPSA) is 88.1 Å². The van der Waals surface area contributed by atoms with E-state index in [4.69, 9.17) is 14.2 Å². The molecule has 0 unspecified atom stereocenters. The molecular formula is C24H22O7. The molecule has 0 N–H and O–H groups in total. The van der Waals surface area contributed by atoms with Crippen molar-refractivity contribution in [3.8, 4) is 11.5 Å². The molecule has 160 valence electrons. The highest BCUT2D eigenvalue weighted by Crippen LogP contribution is 2.23. The van der Waals surface area contributed by atoms with Crippen LogP contribution in [0.1, 0.15) is 34.1 Å². The molecule has 3 aromatic carbocycles. The Bertz CT molecular complexity index is 1090. The Morgan fingerprint density at radius 3 is 2.10 bits per heavy atom. The third-order valence-corrected chi connectivity index (χ3v) is 4.44. The van der Waals surface area contributed by atoms with Gasteiger partial charge in [-0.1, -0.05) is 19.1 Å². The van der Waals surface area contributed by atoms with E-state index in [1.165, 1.54) is 31.4 Å². The van der Waals surface area contributed by atoms with Gasteiger partial charge in [-0.3, -0.25) is 4.79 Å². The van der Waals surface area contributed by atoms with Crippen molar-refractivity contribution >= 4 is 28.7 Å². The third kappa shape index (κ3) is 5.82. The van der Waals surface area contributed by atoms with Gasteiger partial charge in [0.05, 0.1) is 18.2 Å². The fraction of sp³-hybridized carbons (Fsp3) is 0.208. The summed E-state index contributed by atoms with van der Waals surface area (Å²) < 4.78 is 20.6. The summed E-state index contributed by atoms with van der Waals surface area (Å²) in [5, 5.41) is 1.74. The second kappa shape index (κ2) is 10.2. The Morgan fingerprint density at radius 1 is 0.742 bits per heavy atom. The molecule has 3 rings (SSSR count). The predicted octanol–water partition coefficient (Wildman–Crippen LogP) is 4.18. The van der Waals surface area contributed by atoms with Gasteiger partial charge in [0.25, 0.3) is 0 Å². The summed E-state index contributed by atoms with van der Waals surface area (Å²) in [6, 6.07) is 16.8. The number of methoxy groups -OCH3 is 1. The molecule has 3 aromatic rings. The molecule has 0 spiro atoms. The summed E-state index contributed by atoms with van der Waals surface area (Å²) in [5.41, 5.74) is 0.763. The molecule has 0 heterocycles. The minimum atomic E-state index is -0.509. The highest BCUT2D eigenvalue weighted by atomic mass is 16.6. The van der Waals surface area contributed by atoms with Crippen molar-refractivity contribution in [2.24, 2.45) is 0 Å². The molecule has 0 saturated heterocycles. The van der Waals surface area contributed by atoms with Gasteiger partial charge in [0.2, 0.25) is 0 Å². The summed E-state index contributed by atoms with van der Waals surface area (Å²) in [6.45, 7) is 2.18. The van der Waals surface area contributed by atoms with Gasteiger partial charge in [0, 0.05) is 6.42 Å². The Morgan fingerprint density at radius 2 is 1.39 bits per heavy atom. The van der Waals surface area contributed by atoms with Crippen LogP contribution in [-0.2, 0) is 14.3 Å².